The van der Waals surface area contributed by atoms with Crippen LogP contribution in [0.15, 0.2) is 12.1 Å². The Labute approximate surface area is 144 Å². The number of hydrogen-bond donors (Lipinski definition) is 0. The molecule has 0 radical (unpaired) electrons. The zero-order valence-corrected chi connectivity index (χ0v) is 15.0. The van der Waals surface area contributed by atoms with Crippen LogP contribution in [0.4, 0.5) is 10.6 Å². The lowest BCUT2D eigenvalue weighted by Crippen LogP contribution is -2.40. The van der Waals surface area contributed by atoms with Gasteiger partial charge in [-0.2, -0.15) is 0 Å². The molecule has 0 fully saturated rings. The van der Waals surface area contributed by atoms with Gasteiger partial charge >= 0.3 is 6.09 Å². The fraction of sp³-hybridized carbons (Fsp3) is 0.632. The zero-order chi connectivity index (χ0) is 17.6. The molecular formula is C19H28N2O3. The Morgan fingerprint density at radius 3 is 2.79 bits per heavy atom. The predicted molar refractivity (Wildman–Crippen MR) is 94.4 cm³/mol. The molecule has 1 aliphatic heterocycles. The maximum Gasteiger partial charge on any atom is 0.416 e. The van der Waals surface area contributed by atoms with Crippen LogP contribution >= 0.6 is 0 Å². The van der Waals surface area contributed by atoms with Crippen molar-refractivity contribution in [2.45, 2.75) is 71.3 Å². The largest absolute Gasteiger partial charge is 0.443 e. The van der Waals surface area contributed by atoms with Gasteiger partial charge in [0.15, 0.2) is 0 Å². The fourth-order valence-corrected chi connectivity index (χ4v) is 2.82. The third kappa shape index (κ3) is 5.32. The average Bonchev–Trinajstić information content (AvgIpc) is 2.52. The van der Waals surface area contributed by atoms with E-state index in [1.54, 1.807) is 4.90 Å². The molecule has 0 saturated carbocycles. The summed E-state index contributed by atoms with van der Waals surface area (Å²) in [6.45, 7) is 6.27. The van der Waals surface area contributed by atoms with Crippen molar-refractivity contribution in [1.29, 1.82) is 0 Å². The first-order chi connectivity index (χ1) is 11.4. The van der Waals surface area contributed by atoms with Crippen LogP contribution in [-0.4, -0.2) is 29.5 Å². The van der Waals surface area contributed by atoms with E-state index in [2.05, 4.69) is 12.1 Å². The molecule has 0 atom stereocenters. The van der Waals surface area contributed by atoms with Crippen molar-refractivity contribution in [2.24, 2.45) is 0 Å². The number of unbranched alkanes of at least 4 members (excludes halogenated alkanes) is 3. The lowest BCUT2D eigenvalue weighted by molar-refractivity contribution is -0.107. The van der Waals surface area contributed by atoms with Crippen molar-refractivity contribution in [2.75, 3.05) is 11.4 Å². The number of anilines is 1. The van der Waals surface area contributed by atoms with Gasteiger partial charge in [-0.3, -0.25) is 4.90 Å². The highest BCUT2D eigenvalue weighted by atomic mass is 16.6. The molecule has 132 valence electrons. The van der Waals surface area contributed by atoms with Crippen LogP contribution in [0.25, 0.3) is 0 Å². The highest BCUT2D eigenvalue weighted by Gasteiger charge is 2.28. The molecule has 1 aliphatic rings. The molecule has 0 saturated heterocycles. The van der Waals surface area contributed by atoms with Crippen molar-refractivity contribution >= 4 is 18.2 Å². The van der Waals surface area contributed by atoms with E-state index < -0.39 is 5.60 Å². The Morgan fingerprint density at radius 1 is 1.29 bits per heavy atom. The van der Waals surface area contributed by atoms with Crippen LogP contribution in [0.5, 0.6) is 0 Å². The molecule has 0 aromatic carbocycles. The van der Waals surface area contributed by atoms with E-state index in [0.717, 1.165) is 61.9 Å². The molecule has 2 heterocycles. The van der Waals surface area contributed by atoms with Crippen molar-refractivity contribution < 1.29 is 14.3 Å². The first kappa shape index (κ1) is 18.4. The van der Waals surface area contributed by atoms with Crippen LogP contribution in [-0.2, 0) is 22.4 Å². The molecule has 24 heavy (non-hydrogen) atoms. The number of aldehydes is 1. The summed E-state index contributed by atoms with van der Waals surface area (Å²) in [6, 6.07) is 4.14. The van der Waals surface area contributed by atoms with E-state index >= 15 is 0 Å². The average molecular weight is 332 g/mol. The van der Waals surface area contributed by atoms with Crippen LogP contribution in [0.3, 0.4) is 0 Å². The second-order valence-electron chi connectivity index (χ2n) is 7.29. The number of nitrogens with zero attached hydrogens (tertiary/aromatic N) is 2. The second kappa shape index (κ2) is 8.27. The second-order valence-corrected chi connectivity index (χ2v) is 7.29. The lowest BCUT2D eigenvalue weighted by atomic mass is 10.0. The minimum Gasteiger partial charge on any atom is -0.443 e. The highest BCUT2D eigenvalue weighted by molar-refractivity contribution is 5.88. The van der Waals surface area contributed by atoms with Crippen molar-refractivity contribution in [3.63, 3.8) is 0 Å². The third-order valence-electron chi connectivity index (χ3n) is 3.97. The van der Waals surface area contributed by atoms with Crippen LogP contribution in [0.2, 0.25) is 0 Å². The minimum atomic E-state index is -0.509. The van der Waals surface area contributed by atoms with Gasteiger partial charge in [0.05, 0.1) is 0 Å². The summed E-state index contributed by atoms with van der Waals surface area (Å²) in [5.41, 5.74) is 1.59. The fourth-order valence-electron chi connectivity index (χ4n) is 2.82. The quantitative estimate of drug-likeness (QED) is 0.582. The number of rotatable bonds is 6. The monoisotopic (exact) mass is 332 g/mol. The van der Waals surface area contributed by atoms with E-state index in [-0.39, 0.29) is 6.09 Å². The number of aryl methyl sites for hydroxylation is 2. The zero-order valence-electron chi connectivity index (χ0n) is 15.0. The van der Waals surface area contributed by atoms with Gasteiger partial charge in [0.2, 0.25) is 0 Å². The summed E-state index contributed by atoms with van der Waals surface area (Å²) in [4.78, 5) is 29.2. The number of fused-ring (bicyclic) bond motifs is 1. The molecule has 0 bridgehead atoms. The van der Waals surface area contributed by atoms with Crippen LogP contribution in [0.1, 0.15) is 64.1 Å². The van der Waals surface area contributed by atoms with Gasteiger partial charge in [0.1, 0.15) is 17.7 Å². The first-order valence-corrected chi connectivity index (χ1v) is 8.83. The normalized spacial score (nSPS) is 14.2. The molecule has 0 spiro atoms. The molecule has 5 nitrogen and oxygen atoms in total. The molecule has 0 unspecified atom stereocenters. The van der Waals surface area contributed by atoms with Gasteiger partial charge in [0.25, 0.3) is 0 Å². The SMILES string of the molecule is CC(C)(C)OC(=O)N1CCCc2ccc(CCCCCC=O)nc21. The number of amides is 1. The maximum absolute atomic E-state index is 12.5. The minimum absolute atomic E-state index is 0.320. The Hall–Kier alpha value is -1.91. The summed E-state index contributed by atoms with van der Waals surface area (Å²) in [6.07, 6.45) is 6.98. The summed E-state index contributed by atoms with van der Waals surface area (Å²) in [5, 5.41) is 0. The van der Waals surface area contributed by atoms with Gasteiger partial charge in [0, 0.05) is 18.7 Å². The predicted octanol–water partition coefficient (Wildman–Crippen LogP) is 4.07. The Morgan fingerprint density at radius 2 is 2.08 bits per heavy atom. The number of carbonyl (C=O) groups excluding carboxylic acids is 2. The highest BCUT2D eigenvalue weighted by Crippen LogP contribution is 2.27. The molecule has 2 rings (SSSR count). The lowest BCUT2D eigenvalue weighted by Gasteiger charge is -2.31. The number of pyridine rings is 1. The molecular weight excluding hydrogens is 304 g/mol. The molecule has 0 N–H and O–H groups in total. The number of hydrogen-bond acceptors (Lipinski definition) is 4. The van der Waals surface area contributed by atoms with Crippen molar-refractivity contribution in [1.82, 2.24) is 4.98 Å². The van der Waals surface area contributed by atoms with Gasteiger partial charge in [-0.1, -0.05) is 12.5 Å². The van der Waals surface area contributed by atoms with E-state index in [1.807, 2.05) is 20.8 Å². The van der Waals surface area contributed by atoms with E-state index in [0.29, 0.717) is 13.0 Å². The molecule has 1 aromatic heterocycles. The van der Waals surface area contributed by atoms with Gasteiger partial charge in [-0.15, -0.1) is 0 Å². The van der Waals surface area contributed by atoms with Crippen molar-refractivity contribution in [3.05, 3.63) is 23.4 Å². The van der Waals surface area contributed by atoms with Gasteiger partial charge in [-0.05, 0) is 64.5 Å². The topological polar surface area (TPSA) is 59.5 Å². The number of ether oxygens (including phenoxy) is 1. The van der Waals surface area contributed by atoms with Crippen molar-refractivity contribution in [3.8, 4) is 0 Å². The number of aromatic nitrogens is 1. The molecule has 1 aromatic rings. The summed E-state index contributed by atoms with van der Waals surface area (Å²) >= 11 is 0. The smallest absolute Gasteiger partial charge is 0.416 e. The standard InChI is InChI=1S/C19H28N2O3/c1-19(2,3)24-18(23)21-13-8-9-15-11-12-16(20-17(15)21)10-6-4-5-7-14-22/h11-12,14H,4-10,13H2,1-3H3. The van der Waals surface area contributed by atoms with Gasteiger partial charge in [-0.25, -0.2) is 9.78 Å². The number of carbonyl (C=O) groups is 2. The summed E-state index contributed by atoms with van der Waals surface area (Å²) < 4.78 is 5.51. The van der Waals surface area contributed by atoms with E-state index in [1.165, 1.54) is 0 Å². The Kier molecular flexibility index (Phi) is 6.35. The summed E-state index contributed by atoms with van der Waals surface area (Å²) in [5.74, 6) is 0.751. The van der Waals surface area contributed by atoms with E-state index in [9.17, 15) is 9.59 Å². The Bertz CT molecular complexity index is 578. The maximum atomic E-state index is 12.5. The molecule has 1 amide bonds. The van der Waals surface area contributed by atoms with E-state index in [4.69, 9.17) is 9.72 Å². The van der Waals surface area contributed by atoms with Crippen LogP contribution in [0, 0.1) is 0 Å². The summed E-state index contributed by atoms with van der Waals surface area (Å²) in [7, 11) is 0. The van der Waals surface area contributed by atoms with Gasteiger partial charge < -0.3 is 9.53 Å². The Balaban J connectivity index is 2.05. The third-order valence-corrected chi connectivity index (χ3v) is 3.97. The van der Waals surface area contributed by atoms with Crippen LogP contribution < -0.4 is 4.90 Å². The molecule has 5 heteroatoms. The molecule has 0 aliphatic carbocycles. The first-order valence-electron chi connectivity index (χ1n) is 8.83.